The first-order chi connectivity index (χ1) is 14.8. The van der Waals surface area contributed by atoms with E-state index in [4.69, 9.17) is 0 Å². The highest BCUT2D eigenvalue weighted by atomic mass is 16.1. The minimum absolute atomic E-state index is 0.0860. The molecule has 0 unspecified atom stereocenters. The number of hydrogen-bond donors (Lipinski definition) is 2. The van der Waals surface area contributed by atoms with Crippen molar-refractivity contribution in [2.45, 2.75) is 31.7 Å². The van der Waals surface area contributed by atoms with E-state index in [9.17, 15) is 4.79 Å². The van der Waals surface area contributed by atoms with Gasteiger partial charge in [-0.2, -0.15) is 0 Å². The molecule has 5 rings (SSSR count). The van der Waals surface area contributed by atoms with Gasteiger partial charge in [-0.25, -0.2) is 4.68 Å². The molecule has 154 valence electrons. The molecule has 1 aromatic heterocycles. The van der Waals surface area contributed by atoms with Crippen LogP contribution in [-0.2, 0) is 4.79 Å². The van der Waals surface area contributed by atoms with Gasteiger partial charge in [-0.05, 0) is 72.5 Å². The van der Waals surface area contributed by atoms with Crippen LogP contribution in [0, 0.1) is 0 Å². The Morgan fingerprint density at radius 2 is 1.83 bits per heavy atom. The number of nitrogens with zero attached hydrogens (tertiary/aromatic N) is 5. The lowest BCUT2D eigenvalue weighted by molar-refractivity contribution is -0.114. The topological polar surface area (TPSA) is 88.0 Å². The summed E-state index contributed by atoms with van der Waals surface area (Å²) in [5.74, 6) is 0.681. The molecular formula is C22H25N7O. The highest BCUT2D eigenvalue weighted by Crippen LogP contribution is 2.36. The maximum Gasteiger partial charge on any atom is 0.243 e. The summed E-state index contributed by atoms with van der Waals surface area (Å²) in [4.78, 5) is 14.7. The molecule has 1 amide bonds. The Labute approximate surface area is 175 Å². The van der Waals surface area contributed by atoms with Crippen molar-refractivity contribution in [3.05, 3.63) is 48.5 Å². The lowest BCUT2D eigenvalue weighted by atomic mass is 10.2. The van der Waals surface area contributed by atoms with Gasteiger partial charge in [0.2, 0.25) is 5.91 Å². The van der Waals surface area contributed by atoms with Crippen molar-refractivity contribution in [2.24, 2.45) is 0 Å². The maximum atomic E-state index is 12.4. The Morgan fingerprint density at radius 1 is 1.03 bits per heavy atom. The number of tetrazole rings is 1. The molecule has 1 aliphatic heterocycles. The fraction of sp³-hybridized carbons (Fsp3) is 0.364. The highest BCUT2D eigenvalue weighted by molar-refractivity contribution is 5.94. The summed E-state index contributed by atoms with van der Waals surface area (Å²) in [5.41, 5.74) is 3.82. The summed E-state index contributed by atoms with van der Waals surface area (Å²) in [6.45, 7) is 2.41. The van der Waals surface area contributed by atoms with Gasteiger partial charge in [0.25, 0.3) is 0 Å². The van der Waals surface area contributed by atoms with Crippen LogP contribution in [-0.4, -0.2) is 45.7 Å². The number of nitrogens with one attached hydrogen (secondary N) is 2. The fourth-order valence-corrected chi connectivity index (χ4v) is 3.84. The van der Waals surface area contributed by atoms with Crippen LogP contribution in [0.4, 0.5) is 17.1 Å². The number of anilines is 3. The zero-order valence-electron chi connectivity index (χ0n) is 16.8. The van der Waals surface area contributed by atoms with Crippen molar-refractivity contribution >= 4 is 23.0 Å². The third-order valence-corrected chi connectivity index (χ3v) is 5.58. The third kappa shape index (κ3) is 4.12. The molecule has 2 aliphatic rings. The summed E-state index contributed by atoms with van der Waals surface area (Å²) in [6, 6.07) is 16.3. The molecule has 0 atom stereocenters. The summed E-state index contributed by atoms with van der Waals surface area (Å²) in [6.07, 6.45) is 4.74. The highest BCUT2D eigenvalue weighted by Gasteiger charge is 2.28. The fourth-order valence-electron chi connectivity index (χ4n) is 3.84. The maximum absolute atomic E-state index is 12.4. The Kier molecular flexibility index (Phi) is 5.04. The van der Waals surface area contributed by atoms with Crippen LogP contribution in [0.5, 0.6) is 0 Å². The van der Waals surface area contributed by atoms with E-state index in [0.29, 0.717) is 6.04 Å². The smallest absolute Gasteiger partial charge is 0.243 e. The van der Waals surface area contributed by atoms with Crippen LogP contribution < -0.4 is 15.5 Å². The molecule has 8 heteroatoms. The zero-order valence-corrected chi connectivity index (χ0v) is 16.8. The number of aromatic nitrogens is 4. The van der Waals surface area contributed by atoms with Gasteiger partial charge in [-0.3, -0.25) is 4.79 Å². The van der Waals surface area contributed by atoms with Crippen molar-refractivity contribution < 1.29 is 4.79 Å². The quantitative estimate of drug-likeness (QED) is 0.629. The van der Waals surface area contributed by atoms with Crippen LogP contribution in [0.2, 0.25) is 0 Å². The number of carbonyl (C=O) groups excluding carboxylic acids is 1. The van der Waals surface area contributed by atoms with E-state index < -0.39 is 0 Å². The summed E-state index contributed by atoms with van der Waals surface area (Å²) >= 11 is 0. The Hall–Kier alpha value is -3.42. The van der Waals surface area contributed by atoms with Gasteiger partial charge in [0.1, 0.15) is 0 Å². The third-order valence-electron chi connectivity index (χ3n) is 5.58. The van der Waals surface area contributed by atoms with Gasteiger partial charge in [-0.1, -0.05) is 12.1 Å². The number of benzene rings is 2. The number of carbonyl (C=O) groups is 1. The number of hydrogen-bond acceptors (Lipinski definition) is 6. The molecule has 2 fully saturated rings. The van der Waals surface area contributed by atoms with Gasteiger partial charge >= 0.3 is 0 Å². The molecule has 0 bridgehead atoms. The molecule has 1 saturated heterocycles. The molecule has 3 aromatic rings. The first-order valence-corrected chi connectivity index (χ1v) is 10.5. The van der Waals surface area contributed by atoms with E-state index in [1.165, 1.54) is 18.5 Å². The summed E-state index contributed by atoms with van der Waals surface area (Å²) in [5, 5.41) is 18.2. The molecule has 1 saturated carbocycles. The van der Waals surface area contributed by atoms with E-state index in [1.54, 1.807) is 0 Å². The molecule has 2 N–H and O–H groups in total. The van der Waals surface area contributed by atoms with Gasteiger partial charge in [0.15, 0.2) is 5.82 Å². The van der Waals surface area contributed by atoms with E-state index in [0.717, 1.165) is 48.7 Å². The minimum Gasteiger partial charge on any atom is -0.376 e. The Morgan fingerprint density at radius 3 is 2.60 bits per heavy atom. The molecule has 0 spiro atoms. The molecule has 8 nitrogen and oxygen atoms in total. The average molecular weight is 403 g/mol. The second-order valence-electron chi connectivity index (χ2n) is 7.90. The standard InChI is InChI=1S/C22H25N7O/c30-21(24-17-6-8-19(9-7-17)28-12-1-2-13-28)15-23-18-5-3-4-16(14-18)22-25-26-27-29(22)20-10-11-20/h3-9,14,20,23H,1-2,10-13,15H2,(H,24,30). The van der Waals surface area contributed by atoms with Crippen LogP contribution in [0.1, 0.15) is 31.7 Å². The number of amides is 1. The predicted molar refractivity (Wildman–Crippen MR) is 117 cm³/mol. The second kappa shape index (κ2) is 8.14. The largest absolute Gasteiger partial charge is 0.376 e. The lowest BCUT2D eigenvalue weighted by Gasteiger charge is -2.17. The van der Waals surface area contributed by atoms with E-state index in [-0.39, 0.29) is 12.5 Å². The molecule has 30 heavy (non-hydrogen) atoms. The van der Waals surface area contributed by atoms with Gasteiger partial charge in [-0.15, -0.1) is 5.10 Å². The Balaban J connectivity index is 1.18. The van der Waals surface area contributed by atoms with Crippen molar-refractivity contribution in [1.29, 1.82) is 0 Å². The van der Waals surface area contributed by atoms with Gasteiger partial charge in [0, 0.05) is 35.7 Å². The van der Waals surface area contributed by atoms with Gasteiger partial charge in [0.05, 0.1) is 12.6 Å². The molecule has 0 radical (unpaired) electrons. The molecule has 1 aliphatic carbocycles. The van der Waals surface area contributed by atoms with Crippen LogP contribution >= 0.6 is 0 Å². The van der Waals surface area contributed by atoms with E-state index >= 15 is 0 Å². The summed E-state index contributed by atoms with van der Waals surface area (Å²) < 4.78 is 1.89. The SMILES string of the molecule is O=C(CNc1cccc(-c2nnnn2C2CC2)c1)Nc1ccc(N2CCCC2)cc1. The van der Waals surface area contributed by atoms with Gasteiger partial charge < -0.3 is 15.5 Å². The monoisotopic (exact) mass is 403 g/mol. The molecule has 2 aromatic carbocycles. The lowest BCUT2D eigenvalue weighted by Crippen LogP contribution is -2.22. The van der Waals surface area contributed by atoms with Crippen molar-refractivity contribution in [3.8, 4) is 11.4 Å². The first kappa shape index (κ1) is 18.6. The number of rotatable bonds is 7. The van der Waals surface area contributed by atoms with E-state index in [2.05, 4.69) is 43.2 Å². The average Bonchev–Trinajstić information content (AvgIpc) is 3.26. The van der Waals surface area contributed by atoms with Crippen molar-refractivity contribution in [1.82, 2.24) is 20.2 Å². The van der Waals surface area contributed by atoms with Crippen molar-refractivity contribution in [3.63, 3.8) is 0 Å². The van der Waals surface area contributed by atoms with Crippen LogP contribution in [0.25, 0.3) is 11.4 Å². The van der Waals surface area contributed by atoms with Crippen molar-refractivity contribution in [2.75, 3.05) is 35.2 Å². The molecular weight excluding hydrogens is 378 g/mol. The van der Waals surface area contributed by atoms with Crippen LogP contribution in [0.15, 0.2) is 48.5 Å². The second-order valence-corrected chi connectivity index (χ2v) is 7.90. The van der Waals surface area contributed by atoms with Crippen LogP contribution in [0.3, 0.4) is 0 Å². The Bertz CT molecular complexity index is 1020. The first-order valence-electron chi connectivity index (χ1n) is 10.5. The van der Waals surface area contributed by atoms with E-state index in [1.807, 2.05) is 41.1 Å². The summed E-state index contributed by atoms with van der Waals surface area (Å²) in [7, 11) is 0. The minimum atomic E-state index is -0.0860. The normalized spacial score (nSPS) is 15.9. The predicted octanol–water partition coefficient (Wildman–Crippen LogP) is 3.33. The zero-order chi connectivity index (χ0) is 20.3. The molecule has 2 heterocycles.